The van der Waals surface area contributed by atoms with Crippen LogP contribution in [0.2, 0.25) is 5.02 Å². The number of halogens is 2. The maximum Gasteiger partial charge on any atom is 0.171 e. The molecule has 0 aromatic heterocycles. The normalized spacial score (nSPS) is 12.0. The molecular formula is C16H16ClFO3. The zero-order valence-electron chi connectivity index (χ0n) is 11.8. The molecule has 0 unspecified atom stereocenters. The summed E-state index contributed by atoms with van der Waals surface area (Å²) in [6.45, 7) is 1.65. The quantitative estimate of drug-likeness (QED) is 0.903. The fraction of sp³-hybridized carbons (Fsp3) is 0.250. The lowest BCUT2D eigenvalue weighted by Crippen LogP contribution is -2.03. The molecular weight excluding hydrogens is 295 g/mol. The standard InChI is InChI=1S/C16H16ClFO3/c1-10(19)13-8-12(17)6-7-14(13)21-9-11-4-3-5-15(20-2)16(11)18/h3-8,10,19H,9H2,1-2H3/t10-/m0/s1. The van der Waals surface area contributed by atoms with Crippen molar-refractivity contribution in [3.63, 3.8) is 0 Å². The van der Waals surface area contributed by atoms with Gasteiger partial charge >= 0.3 is 0 Å². The Hall–Kier alpha value is -1.78. The van der Waals surface area contributed by atoms with Gasteiger partial charge in [-0.25, -0.2) is 4.39 Å². The number of ether oxygens (including phenoxy) is 2. The highest BCUT2D eigenvalue weighted by molar-refractivity contribution is 6.30. The molecule has 0 saturated carbocycles. The molecule has 0 amide bonds. The van der Waals surface area contributed by atoms with Crippen LogP contribution < -0.4 is 9.47 Å². The van der Waals surface area contributed by atoms with Gasteiger partial charge in [0.15, 0.2) is 11.6 Å². The van der Waals surface area contributed by atoms with Gasteiger partial charge in [0.05, 0.1) is 13.2 Å². The minimum atomic E-state index is -0.728. The first kappa shape index (κ1) is 15.6. The second-order valence-corrected chi connectivity index (χ2v) is 5.02. The topological polar surface area (TPSA) is 38.7 Å². The van der Waals surface area contributed by atoms with Crippen LogP contribution in [-0.2, 0) is 6.61 Å². The zero-order valence-corrected chi connectivity index (χ0v) is 12.5. The largest absolute Gasteiger partial charge is 0.494 e. The first-order valence-corrected chi connectivity index (χ1v) is 6.82. The van der Waals surface area contributed by atoms with Crippen molar-refractivity contribution in [3.05, 3.63) is 58.4 Å². The van der Waals surface area contributed by atoms with E-state index in [2.05, 4.69) is 0 Å². The number of benzene rings is 2. The summed E-state index contributed by atoms with van der Waals surface area (Å²) in [4.78, 5) is 0. The molecule has 112 valence electrons. The molecule has 0 radical (unpaired) electrons. The summed E-state index contributed by atoms with van der Waals surface area (Å²) in [6, 6.07) is 9.80. The molecule has 0 spiro atoms. The fourth-order valence-corrected chi connectivity index (χ4v) is 2.14. The van der Waals surface area contributed by atoms with E-state index in [0.29, 0.717) is 21.9 Å². The van der Waals surface area contributed by atoms with Gasteiger partial charge in [0.25, 0.3) is 0 Å². The Bertz CT molecular complexity index is 629. The van der Waals surface area contributed by atoms with Crippen molar-refractivity contribution in [2.24, 2.45) is 0 Å². The first-order chi connectivity index (χ1) is 10.0. The van der Waals surface area contributed by atoms with Crippen LogP contribution in [0.15, 0.2) is 36.4 Å². The molecule has 0 aliphatic carbocycles. The van der Waals surface area contributed by atoms with Crippen molar-refractivity contribution in [2.45, 2.75) is 19.6 Å². The Labute approximate surface area is 127 Å². The molecule has 0 fully saturated rings. The minimum Gasteiger partial charge on any atom is -0.494 e. The van der Waals surface area contributed by atoms with Gasteiger partial charge in [-0.3, -0.25) is 0 Å². The highest BCUT2D eigenvalue weighted by Gasteiger charge is 2.13. The lowest BCUT2D eigenvalue weighted by Gasteiger charge is -2.14. The average molecular weight is 311 g/mol. The van der Waals surface area contributed by atoms with Gasteiger partial charge in [0.1, 0.15) is 12.4 Å². The maximum absolute atomic E-state index is 14.0. The molecule has 3 nitrogen and oxygen atoms in total. The van der Waals surface area contributed by atoms with Crippen LogP contribution in [0.4, 0.5) is 4.39 Å². The summed E-state index contributed by atoms with van der Waals surface area (Å²) < 4.78 is 24.6. The molecule has 0 heterocycles. The van der Waals surface area contributed by atoms with Crippen molar-refractivity contribution in [3.8, 4) is 11.5 Å². The van der Waals surface area contributed by atoms with Gasteiger partial charge in [-0.2, -0.15) is 0 Å². The number of rotatable bonds is 5. The highest BCUT2D eigenvalue weighted by Crippen LogP contribution is 2.29. The van der Waals surface area contributed by atoms with E-state index in [1.165, 1.54) is 7.11 Å². The number of hydrogen-bond acceptors (Lipinski definition) is 3. The van der Waals surface area contributed by atoms with E-state index in [0.717, 1.165) is 0 Å². The van der Waals surface area contributed by atoms with E-state index >= 15 is 0 Å². The Balaban J connectivity index is 2.21. The Morgan fingerprint density at radius 2 is 2.00 bits per heavy atom. The van der Waals surface area contributed by atoms with Gasteiger partial charge in [-0.05, 0) is 31.2 Å². The van der Waals surface area contributed by atoms with Crippen molar-refractivity contribution in [1.29, 1.82) is 0 Å². The van der Waals surface area contributed by atoms with Gasteiger partial charge in [-0.1, -0.05) is 23.7 Å². The van der Waals surface area contributed by atoms with Crippen molar-refractivity contribution < 1.29 is 19.0 Å². The highest BCUT2D eigenvalue weighted by atomic mass is 35.5. The zero-order chi connectivity index (χ0) is 15.4. The van der Waals surface area contributed by atoms with Crippen LogP contribution in [0.5, 0.6) is 11.5 Å². The number of methoxy groups -OCH3 is 1. The number of aliphatic hydroxyl groups is 1. The van der Waals surface area contributed by atoms with Crippen LogP contribution >= 0.6 is 11.6 Å². The van der Waals surface area contributed by atoms with Gasteiger partial charge in [0, 0.05) is 16.1 Å². The van der Waals surface area contributed by atoms with Crippen LogP contribution in [0.3, 0.4) is 0 Å². The second-order valence-electron chi connectivity index (χ2n) is 4.58. The molecule has 0 aliphatic heterocycles. The van der Waals surface area contributed by atoms with Gasteiger partial charge in [-0.15, -0.1) is 0 Å². The summed E-state index contributed by atoms with van der Waals surface area (Å²) in [6.07, 6.45) is -0.728. The van der Waals surface area contributed by atoms with E-state index < -0.39 is 11.9 Å². The number of aliphatic hydroxyl groups excluding tert-OH is 1. The molecule has 1 atom stereocenters. The van der Waals surface area contributed by atoms with Crippen molar-refractivity contribution in [1.82, 2.24) is 0 Å². The van der Waals surface area contributed by atoms with Crippen LogP contribution in [-0.4, -0.2) is 12.2 Å². The molecule has 0 aliphatic rings. The first-order valence-electron chi connectivity index (χ1n) is 6.44. The van der Waals surface area contributed by atoms with E-state index in [1.807, 2.05) is 0 Å². The van der Waals surface area contributed by atoms with Crippen molar-refractivity contribution >= 4 is 11.6 Å². The predicted octanol–water partition coefficient (Wildman–Crippen LogP) is 4.12. The Morgan fingerprint density at radius 1 is 1.24 bits per heavy atom. The molecule has 2 rings (SSSR count). The monoisotopic (exact) mass is 310 g/mol. The van der Waals surface area contributed by atoms with Crippen LogP contribution in [0.1, 0.15) is 24.2 Å². The molecule has 2 aromatic rings. The molecule has 21 heavy (non-hydrogen) atoms. The third kappa shape index (κ3) is 3.65. The Morgan fingerprint density at radius 3 is 2.67 bits per heavy atom. The second kappa shape index (κ2) is 6.78. The summed E-state index contributed by atoms with van der Waals surface area (Å²) in [5, 5.41) is 10.2. The lowest BCUT2D eigenvalue weighted by atomic mass is 10.1. The molecule has 2 aromatic carbocycles. The third-order valence-corrected chi connectivity index (χ3v) is 3.30. The van der Waals surface area contributed by atoms with Crippen LogP contribution in [0.25, 0.3) is 0 Å². The van der Waals surface area contributed by atoms with E-state index in [4.69, 9.17) is 21.1 Å². The molecule has 0 bridgehead atoms. The van der Waals surface area contributed by atoms with Gasteiger partial charge < -0.3 is 14.6 Å². The third-order valence-electron chi connectivity index (χ3n) is 3.07. The summed E-state index contributed by atoms with van der Waals surface area (Å²) in [5.41, 5.74) is 0.937. The molecule has 5 heteroatoms. The SMILES string of the molecule is COc1cccc(COc2ccc(Cl)cc2[C@H](C)O)c1F. The summed E-state index contributed by atoms with van der Waals surface area (Å²) in [5.74, 6) is 0.187. The van der Waals surface area contributed by atoms with Gasteiger partial charge in [0.2, 0.25) is 0 Å². The molecule has 1 N–H and O–H groups in total. The van der Waals surface area contributed by atoms with Crippen molar-refractivity contribution in [2.75, 3.05) is 7.11 Å². The fourth-order valence-electron chi connectivity index (χ4n) is 1.96. The van der Waals surface area contributed by atoms with E-state index in [9.17, 15) is 9.50 Å². The minimum absolute atomic E-state index is 0.0321. The van der Waals surface area contributed by atoms with Crippen LogP contribution in [0, 0.1) is 5.82 Å². The van der Waals surface area contributed by atoms with E-state index in [-0.39, 0.29) is 12.4 Å². The predicted molar refractivity (Wildman–Crippen MR) is 79.4 cm³/mol. The number of hydrogen-bond donors (Lipinski definition) is 1. The molecule has 0 saturated heterocycles. The summed E-state index contributed by atoms with van der Waals surface area (Å²) >= 11 is 5.90. The Kier molecular flexibility index (Phi) is 5.04. The summed E-state index contributed by atoms with van der Waals surface area (Å²) in [7, 11) is 1.41. The average Bonchev–Trinajstić information content (AvgIpc) is 2.47. The maximum atomic E-state index is 14.0. The smallest absolute Gasteiger partial charge is 0.171 e. The van der Waals surface area contributed by atoms with E-state index in [1.54, 1.807) is 43.3 Å². The lowest BCUT2D eigenvalue weighted by molar-refractivity contribution is 0.189.